The van der Waals surface area contributed by atoms with Crippen molar-refractivity contribution in [3.05, 3.63) is 76.7 Å². The molecular formula is C20H16N2O2Se. The molecule has 4 aromatic rings. The number of hydrogen-bond donors (Lipinski definition) is 0. The van der Waals surface area contributed by atoms with Crippen LogP contribution in [0.2, 0.25) is 0 Å². The molecule has 0 spiro atoms. The van der Waals surface area contributed by atoms with E-state index in [1.54, 1.807) is 12.1 Å². The first-order chi connectivity index (χ1) is 12.3. The predicted octanol–water partition coefficient (Wildman–Crippen LogP) is 3.60. The number of carbonyl (C=O) groups excluding carboxylic acids is 1. The van der Waals surface area contributed by atoms with Crippen LogP contribution in [0.4, 0.5) is 0 Å². The summed E-state index contributed by atoms with van der Waals surface area (Å²) < 4.78 is 8.13. The van der Waals surface area contributed by atoms with Crippen LogP contribution in [0.25, 0.3) is 21.0 Å². The van der Waals surface area contributed by atoms with Gasteiger partial charge in [0.05, 0.1) is 0 Å². The van der Waals surface area contributed by atoms with Gasteiger partial charge in [-0.25, -0.2) is 0 Å². The average molecular weight is 395 g/mol. The monoisotopic (exact) mass is 396 g/mol. The summed E-state index contributed by atoms with van der Waals surface area (Å²) in [5, 5.41) is 4.86. The number of nitrogens with zero attached hydrogens (tertiary/aromatic N) is 2. The number of benzene rings is 2. The summed E-state index contributed by atoms with van der Waals surface area (Å²) in [6.45, 7) is 0.754. The van der Waals surface area contributed by atoms with Crippen LogP contribution in [0, 0.1) is 0 Å². The van der Waals surface area contributed by atoms with Crippen LogP contribution in [0.3, 0.4) is 0 Å². The third-order valence-corrected chi connectivity index (χ3v) is 6.02. The molecule has 5 heteroatoms. The van der Waals surface area contributed by atoms with Gasteiger partial charge < -0.3 is 0 Å². The summed E-state index contributed by atoms with van der Waals surface area (Å²) in [5.74, 6) is -0.322. The quantitative estimate of drug-likeness (QED) is 0.392. The van der Waals surface area contributed by atoms with E-state index in [9.17, 15) is 4.79 Å². The number of aromatic nitrogens is 2. The molecule has 2 aromatic carbocycles. The van der Waals surface area contributed by atoms with E-state index in [2.05, 4.69) is 27.8 Å². The second-order valence-electron chi connectivity index (χ2n) is 5.70. The molecule has 0 fully saturated rings. The van der Waals surface area contributed by atoms with Crippen LogP contribution in [0.1, 0.15) is 15.9 Å². The van der Waals surface area contributed by atoms with Gasteiger partial charge >= 0.3 is 151 Å². The topological polar surface area (TPSA) is 44.1 Å². The first-order valence-electron chi connectivity index (χ1n) is 7.93. The van der Waals surface area contributed by atoms with Gasteiger partial charge in [-0.05, 0) is 0 Å². The number of esters is 1. The van der Waals surface area contributed by atoms with E-state index < -0.39 is 0 Å². The Balaban J connectivity index is 1.73. The number of fused-ring (bicyclic) bond motifs is 1. The van der Waals surface area contributed by atoms with Gasteiger partial charge in [0.25, 0.3) is 0 Å². The van der Waals surface area contributed by atoms with Crippen LogP contribution in [-0.4, -0.2) is 37.4 Å². The Hall–Kier alpha value is -2.62. The van der Waals surface area contributed by atoms with E-state index in [0.29, 0.717) is 20.1 Å². The van der Waals surface area contributed by atoms with Crippen molar-refractivity contribution in [3.63, 3.8) is 0 Å². The van der Waals surface area contributed by atoms with Gasteiger partial charge in [-0.15, -0.1) is 0 Å². The second kappa shape index (κ2) is 6.71. The molecule has 4 nitrogen and oxygen atoms in total. The minimum absolute atomic E-state index is 0.292. The fourth-order valence-electron chi connectivity index (χ4n) is 2.85. The van der Waals surface area contributed by atoms with Crippen molar-refractivity contribution in [2.75, 3.05) is 7.11 Å². The van der Waals surface area contributed by atoms with Gasteiger partial charge in [0, 0.05) is 0 Å². The molecular weight excluding hydrogens is 379 g/mol. The van der Waals surface area contributed by atoms with Gasteiger partial charge in [-0.2, -0.15) is 0 Å². The zero-order valence-electron chi connectivity index (χ0n) is 13.7. The third kappa shape index (κ3) is 3.04. The van der Waals surface area contributed by atoms with Gasteiger partial charge in [-0.3, -0.25) is 0 Å². The van der Waals surface area contributed by atoms with E-state index in [0.717, 1.165) is 17.8 Å². The number of carbonyl (C=O) groups is 1. The van der Waals surface area contributed by atoms with Crippen molar-refractivity contribution in [1.29, 1.82) is 0 Å². The molecule has 4 rings (SSSR count). The molecule has 0 bridgehead atoms. The van der Waals surface area contributed by atoms with Crippen molar-refractivity contribution in [1.82, 2.24) is 9.78 Å². The molecule has 2 aromatic heterocycles. The first kappa shape index (κ1) is 15.9. The number of methoxy groups -OCH3 is 1. The maximum atomic E-state index is 11.6. The summed E-state index contributed by atoms with van der Waals surface area (Å²) in [5.41, 5.74) is 5.01. The number of ether oxygens (including phenoxy) is 1. The Labute approximate surface area is 151 Å². The molecule has 0 aliphatic rings. The SMILES string of the molecule is COC(=O)c1ccc(-c2nn(Cc3ccccc3)c3cc[se]c23)cc1. The van der Waals surface area contributed by atoms with E-state index in [1.165, 1.54) is 22.5 Å². The maximum absolute atomic E-state index is 11.6. The minimum atomic E-state index is -0.322. The molecule has 0 saturated heterocycles. The second-order valence-corrected chi connectivity index (χ2v) is 7.62. The standard InChI is InChI=1S/C20H16N2O2Se/c1-24-20(23)16-9-7-15(8-10-16)18-19-17(11-12-25-19)22(21-18)13-14-5-3-2-4-6-14/h2-12H,13H2,1H3. The first-order valence-corrected chi connectivity index (χ1v) is 9.77. The van der Waals surface area contributed by atoms with Crippen LogP contribution >= 0.6 is 0 Å². The zero-order chi connectivity index (χ0) is 17.2. The Morgan fingerprint density at radius 3 is 2.56 bits per heavy atom. The van der Waals surface area contributed by atoms with Crippen LogP contribution in [0.5, 0.6) is 0 Å². The van der Waals surface area contributed by atoms with Crippen molar-refractivity contribution in [2.24, 2.45) is 0 Å². The molecule has 0 atom stereocenters. The molecule has 124 valence electrons. The fourth-order valence-corrected chi connectivity index (χ4v) is 4.73. The van der Waals surface area contributed by atoms with Gasteiger partial charge in [-0.1, -0.05) is 0 Å². The molecule has 2 heterocycles. The van der Waals surface area contributed by atoms with Crippen LogP contribution in [0.15, 0.2) is 65.6 Å². The molecule has 0 amide bonds. The molecule has 0 N–H and O–H groups in total. The zero-order valence-corrected chi connectivity index (χ0v) is 15.4. The Bertz CT molecular complexity index is 1020. The summed E-state index contributed by atoms with van der Waals surface area (Å²) in [7, 11) is 1.39. The van der Waals surface area contributed by atoms with Crippen molar-refractivity contribution >= 4 is 30.2 Å². The molecule has 0 saturated carbocycles. The van der Waals surface area contributed by atoms with Crippen molar-refractivity contribution in [2.45, 2.75) is 6.54 Å². The van der Waals surface area contributed by atoms with Gasteiger partial charge in [0.1, 0.15) is 0 Å². The van der Waals surface area contributed by atoms with Crippen LogP contribution in [-0.2, 0) is 11.3 Å². The summed E-state index contributed by atoms with van der Waals surface area (Å²) in [6.07, 6.45) is 0. The van der Waals surface area contributed by atoms with Crippen molar-refractivity contribution < 1.29 is 9.53 Å². The van der Waals surface area contributed by atoms with E-state index in [-0.39, 0.29) is 5.97 Å². The van der Waals surface area contributed by atoms with Gasteiger partial charge in [0.15, 0.2) is 0 Å². The molecule has 0 unspecified atom stereocenters. The Morgan fingerprint density at radius 1 is 1.08 bits per heavy atom. The summed E-state index contributed by atoms with van der Waals surface area (Å²) in [4.78, 5) is 13.8. The molecule has 0 aliphatic heterocycles. The van der Waals surface area contributed by atoms with Crippen molar-refractivity contribution in [3.8, 4) is 11.3 Å². The number of hydrogen-bond acceptors (Lipinski definition) is 3. The average Bonchev–Trinajstić information content (AvgIpc) is 3.26. The summed E-state index contributed by atoms with van der Waals surface area (Å²) >= 11 is 0.292. The van der Waals surface area contributed by atoms with E-state index in [4.69, 9.17) is 9.84 Å². The van der Waals surface area contributed by atoms with Gasteiger partial charge in [0.2, 0.25) is 0 Å². The third-order valence-electron chi connectivity index (χ3n) is 4.11. The number of rotatable bonds is 4. The molecule has 25 heavy (non-hydrogen) atoms. The fraction of sp³-hybridized carbons (Fsp3) is 0.100. The van der Waals surface area contributed by atoms with Crippen LogP contribution < -0.4 is 0 Å². The Morgan fingerprint density at radius 2 is 1.84 bits per heavy atom. The molecule has 0 aliphatic carbocycles. The summed E-state index contributed by atoms with van der Waals surface area (Å²) in [6, 6.07) is 20.0. The van der Waals surface area contributed by atoms with E-state index >= 15 is 0 Å². The predicted molar refractivity (Wildman–Crippen MR) is 99.0 cm³/mol. The molecule has 0 radical (unpaired) electrons. The van der Waals surface area contributed by atoms with E-state index in [1.807, 2.05) is 30.3 Å². The normalized spacial score (nSPS) is 10.9. The Kier molecular flexibility index (Phi) is 4.26.